The molecule has 174 valence electrons. The first-order valence-electron chi connectivity index (χ1n) is 10.7. The van der Waals surface area contributed by atoms with E-state index >= 15 is 0 Å². The van der Waals surface area contributed by atoms with Gasteiger partial charge >= 0.3 is 7.12 Å². The third kappa shape index (κ3) is 5.65. The summed E-state index contributed by atoms with van der Waals surface area (Å²) >= 11 is 0. The fraction of sp³-hybridized carbons (Fsp3) is 0.522. The lowest BCUT2D eigenvalue weighted by molar-refractivity contribution is 0.00578. The normalized spacial score (nSPS) is 17.7. The van der Waals surface area contributed by atoms with Gasteiger partial charge in [-0.1, -0.05) is 27.4 Å². The van der Waals surface area contributed by atoms with Gasteiger partial charge in [-0.15, -0.1) is 0 Å². The van der Waals surface area contributed by atoms with Gasteiger partial charge in [-0.2, -0.15) is 5.10 Å². The maximum atomic E-state index is 10.9. The molecule has 9 heteroatoms. The standard InChI is InChI=1S/C14H17BN2O3.C9H19N3/c1-13(2)14(3,4)20-15(19-13)10-5-6-17-11(9-18)8-16-12(17)7-10;1-7-8(9(2,3)4)11-12(6)10-5/h5-9H,1-4H3;7,10H,1H2,2-6H3/b;11-8+. The molecule has 0 amide bonds. The number of hydrazine groups is 1. The third-order valence-electron chi connectivity index (χ3n) is 5.76. The Hall–Kier alpha value is -2.49. The van der Waals surface area contributed by atoms with Gasteiger partial charge in [-0.05, 0) is 51.4 Å². The van der Waals surface area contributed by atoms with E-state index in [1.807, 2.05) is 60.1 Å². The molecule has 0 unspecified atom stereocenters. The highest BCUT2D eigenvalue weighted by molar-refractivity contribution is 6.62. The molecule has 0 bridgehead atoms. The number of hydrogen-bond acceptors (Lipinski definition) is 7. The summed E-state index contributed by atoms with van der Waals surface area (Å²) in [4.78, 5) is 15.1. The topological polar surface area (TPSA) is 80.5 Å². The number of aromatic nitrogens is 2. The van der Waals surface area contributed by atoms with E-state index < -0.39 is 7.12 Å². The van der Waals surface area contributed by atoms with E-state index in [0.717, 1.165) is 17.5 Å². The number of pyridine rings is 1. The first-order chi connectivity index (χ1) is 14.8. The minimum absolute atomic E-state index is 0.0485. The highest BCUT2D eigenvalue weighted by Crippen LogP contribution is 2.36. The molecule has 8 nitrogen and oxygen atoms in total. The van der Waals surface area contributed by atoms with Crippen molar-refractivity contribution in [1.82, 2.24) is 19.9 Å². The second kappa shape index (κ2) is 9.56. The first kappa shape index (κ1) is 25.8. The molecule has 2 aromatic heterocycles. The molecule has 3 heterocycles. The summed E-state index contributed by atoms with van der Waals surface area (Å²) in [6.07, 6.45) is 5.94. The summed E-state index contributed by atoms with van der Waals surface area (Å²) in [7, 11) is 3.27. The lowest BCUT2D eigenvalue weighted by Gasteiger charge is -2.32. The number of aldehydes is 1. The zero-order chi connectivity index (χ0) is 24.3. The third-order valence-corrected chi connectivity index (χ3v) is 5.76. The van der Waals surface area contributed by atoms with Crippen LogP contribution in [0, 0.1) is 5.41 Å². The molecule has 0 aromatic carbocycles. The van der Waals surface area contributed by atoms with E-state index in [-0.39, 0.29) is 16.6 Å². The number of nitrogens with zero attached hydrogens (tertiary/aromatic N) is 4. The molecule has 3 rings (SSSR count). The molecule has 0 saturated carbocycles. The van der Waals surface area contributed by atoms with Crippen LogP contribution >= 0.6 is 0 Å². The average molecular weight is 441 g/mol. The largest absolute Gasteiger partial charge is 0.495 e. The predicted molar refractivity (Wildman–Crippen MR) is 130 cm³/mol. The van der Waals surface area contributed by atoms with Crippen molar-refractivity contribution in [2.75, 3.05) is 14.1 Å². The van der Waals surface area contributed by atoms with E-state index in [1.54, 1.807) is 21.8 Å². The van der Waals surface area contributed by atoms with E-state index in [9.17, 15) is 4.79 Å². The maximum absolute atomic E-state index is 10.9. The Kier molecular flexibility index (Phi) is 7.70. The highest BCUT2D eigenvalue weighted by Gasteiger charge is 2.51. The summed E-state index contributed by atoms with van der Waals surface area (Å²) < 4.78 is 13.7. The SMILES string of the molecule is C=C/C(=N\N(C)NC)C(C)(C)C.CC1(C)OB(c2ccn3c(C=O)cnc3c2)OC1(C)C. The molecule has 0 atom stereocenters. The summed E-state index contributed by atoms with van der Waals surface area (Å²) in [6.45, 7) is 18.1. The van der Waals surface area contributed by atoms with Crippen LogP contribution in [0.5, 0.6) is 0 Å². The van der Waals surface area contributed by atoms with Crippen LogP contribution in [0.25, 0.3) is 5.65 Å². The molecular weight excluding hydrogens is 405 g/mol. The fourth-order valence-corrected chi connectivity index (χ4v) is 2.94. The Balaban J connectivity index is 0.000000262. The summed E-state index contributed by atoms with van der Waals surface area (Å²) in [5.74, 6) is 0. The van der Waals surface area contributed by atoms with Crippen molar-refractivity contribution in [2.45, 2.75) is 59.7 Å². The molecule has 0 aliphatic carbocycles. The van der Waals surface area contributed by atoms with Crippen LogP contribution in [-0.2, 0) is 9.31 Å². The summed E-state index contributed by atoms with van der Waals surface area (Å²) in [5.41, 5.74) is 5.32. The number of imidazole rings is 1. The molecular formula is C23H36BN5O3. The number of hydrazone groups is 1. The second-order valence-corrected chi connectivity index (χ2v) is 9.76. The molecule has 1 aliphatic heterocycles. The molecule has 0 spiro atoms. The number of nitrogens with one attached hydrogen (secondary N) is 1. The van der Waals surface area contributed by atoms with Gasteiger partial charge < -0.3 is 9.31 Å². The van der Waals surface area contributed by atoms with Crippen LogP contribution < -0.4 is 10.9 Å². The summed E-state index contributed by atoms with van der Waals surface area (Å²) in [6, 6.07) is 3.78. The van der Waals surface area contributed by atoms with E-state index in [0.29, 0.717) is 11.3 Å². The molecule has 2 aromatic rings. The van der Waals surface area contributed by atoms with Crippen molar-refractivity contribution in [2.24, 2.45) is 10.5 Å². The van der Waals surface area contributed by atoms with Crippen molar-refractivity contribution in [1.29, 1.82) is 0 Å². The molecule has 1 N–H and O–H groups in total. The second-order valence-electron chi connectivity index (χ2n) is 9.76. The average Bonchev–Trinajstić information content (AvgIpc) is 3.21. The number of allylic oxidation sites excluding steroid dienone is 1. The van der Waals surface area contributed by atoms with E-state index in [1.165, 1.54) is 0 Å². The zero-order valence-electron chi connectivity index (χ0n) is 20.8. The smallest absolute Gasteiger partial charge is 0.399 e. The summed E-state index contributed by atoms with van der Waals surface area (Å²) in [5, 5.41) is 5.97. The predicted octanol–water partition coefficient (Wildman–Crippen LogP) is 3.09. The fourth-order valence-electron chi connectivity index (χ4n) is 2.94. The van der Waals surface area contributed by atoms with Gasteiger partial charge in [0.1, 0.15) is 11.3 Å². The quantitative estimate of drug-likeness (QED) is 0.333. The number of carbonyl (C=O) groups is 1. The number of hydrogen-bond donors (Lipinski definition) is 1. The van der Waals surface area contributed by atoms with Crippen LogP contribution in [-0.4, -0.2) is 58.9 Å². The lowest BCUT2D eigenvalue weighted by atomic mass is 9.80. The molecule has 1 fully saturated rings. The minimum atomic E-state index is -0.415. The van der Waals surface area contributed by atoms with Gasteiger partial charge in [0.2, 0.25) is 0 Å². The molecule has 32 heavy (non-hydrogen) atoms. The lowest BCUT2D eigenvalue weighted by Crippen LogP contribution is -2.41. The Morgan fingerprint density at radius 3 is 2.34 bits per heavy atom. The Bertz CT molecular complexity index is 975. The van der Waals surface area contributed by atoms with Crippen molar-refractivity contribution >= 4 is 30.2 Å². The van der Waals surface area contributed by atoms with Gasteiger partial charge in [0, 0.05) is 25.7 Å². The molecule has 1 aliphatic rings. The van der Waals surface area contributed by atoms with Gasteiger partial charge in [0.05, 0.1) is 23.1 Å². The monoisotopic (exact) mass is 441 g/mol. The highest BCUT2D eigenvalue weighted by atomic mass is 16.7. The Morgan fingerprint density at radius 1 is 1.28 bits per heavy atom. The van der Waals surface area contributed by atoms with E-state index in [4.69, 9.17) is 9.31 Å². The van der Waals surface area contributed by atoms with Gasteiger partial charge in [-0.3, -0.25) is 9.20 Å². The zero-order valence-corrected chi connectivity index (χ0v) is 20.8. The van der Waals surface area contributed by atoms with Crippen LogP contribution in [0.15, 0.2) is 42.3 Å². The van der Waals surface area contributed by atoms with Crippen LogP contribution in [0.4, 0.5) is 0 Å². The minimum Gasteiger partial charge on any atom is -0.399 e. The van der Waals surface area contributed by atoms with Crippen molar-refractivity contribution in [3.63, 3.8) is 0 Å². The number of carbonyl (C=O) groups excluding carboxylic acids is 1. The Morgan fingerprint density at radius 2 is 1.88 bits per heavy atom. The van der Waals surface area contributed by atoms with Crippen LogP contribution in [0.3, 0.4) is 0 Å². The number of rotatable bonds is 5. The van der Waals surface area contributed by atoms with Gasteiger partial charge in [0.15, 0.2) is 6.29 Å². The van der Waals surface area contributed by atoms with Crippen molar-refractivity contribution in [3.05, 3.63) is 42.9 Å². The van der Waals surface area contributed by atoms with E-state index in [2.05, 4.69) is 42.9 Å². The van der Waals surface area contributed by atoms with Gasteiger partial charge in [-0.25, -0.2) is 15.5 Å². The molecule has 1 saturated heterocycles. The van der Waals surface area contributed by atoms with Crippen molar-refractivity contribution < 1.29 is 14.1 Å². The Labute approximate surface area is 191 Å². The van der Waals surface area contributed by atoms with Gasteiger partial charge in [0.25, 0.3) is 0 Å². The molecule has 0 radical (unpaired) electrons. The van der Waals surface area contributed by atoms with Crippen molar-refractivity contribution in [3.8, 4) is 0 Å². The van der Waals surface area contributed by atoms with Crippen LogP contribution in [0.1, 0.15) is 59.0 Å². The maximum Gasteiger partial charge on any atom is 0.495 e. The number of fused-ring (bicyclic) bond motifs is 1. The van der Waals surface area contributed by atoms with Crippen LogP contribution in [0.2, 0.25) is 0 Å². The first-order valence-corrected chi connectivity index (χ1v) is 10.7.